The van der Waals surface area contributed by atoms with Crippen molar-refractivity contribution in [3.63, 3.8) is 0 Å². The quantitative estimate of drug-likeness (QED) is 0.235. The van der Waals surface area contributed by atoms with E-state index in [1.807, 2.05) is 47.8 Å². The topological polar surface area (TPSA) is 89.2 Å². The Hall–Kier alpha value is -3.82. The fraction of sp³-hybridized carbons (Fsp3) is 0.0800. The number of amides is 2. The van der Waals surface area contributed by atoms with E-state index >= 15 is 0 Å². The maximum absolute atomic E-state index is 12.5. The molecule has 3 aromatic heterocycles. The number of imide groups is 1. The second kappa shape index (κ2) is 8.51. The number of pyridine rings is 1. The molecule has 4 heterocycles. The van der Waals surface area contributed by atoms with Gasteiger partial charge in [-0.25, -0.2) is 4.98 Å². The summed E-state index contributed by atoms with van der Waals surface area (Å²) in [6, 6.07) is 20.7. The van der Waals surface area contributed by atoms with E-state index in [0.717, 1.165) is 27.0 Å². The minimum absolute atomic E-state index is 0.259. The number of rotatable bonds is 6. The number of fused-ring (bicyclic) bond motifs is 2. The van der Waals surface area contributed by atoms with Crippen LogP contribution < -0.4 is 0 Å². The Labute approximate surface area is 202 Å². The summed E-state index contributed by atoms with van der Waals surface area (Å²) >= 11 is 2.93. The van der Waals surface area contributed by atoms with Gasteiger partial charge in [-0.05, 0) is 35.7 Å². The average molecular weight is 485 g/mol. The first kappa shape index (κ1) is 20.8. The number of nitrogens with zero attached hydrogens (tertiary/aromatic N) is 4. The molecule has 0 unspecified atom stereocenters. The number of para-hydroxylation sites is 1. The highest BCUT2D eigenvalue weighted by Gasteiger charge is 2.34. The van der Waals surface area contributed by atoms with Gasteiger partial charge in [-0.1, -0.05) is 48.2 Å². The van der Waals surface area contributed by atoms with Gasteiger partial charge >= 0.3 is 0 Å². The fourth-order valence-corrected chi connectivity index (χ4v) is 5.32. The second-order valence-corrected chi connectivity index (χ2v) is 9.57. The van der Waals surface area contributed by atoms with Gasteiger partial charge in [-0.15, -0.1) is 21.5 Å². The highest BCUT2D eigenvalue weighted by molar-refractivity contribution is 7.99. The standard InChI is InChI=1S/C25H16N4O3S2/c30-23-16-7-1-2-8-17(16)24(31)29(23)11-13-34-25-28-27-22(32-25)18-14-20(21-10-5-12-33-21)26-19-9-4-3-6-15(18)19/h1-10,12,14H,11,13H2. The molecule has 0 atom stereocenters. The summed E-state index contributed by atoms with van der Waals surface area (Å²) in [7, 11) is 0. The van der Waals surface area contributed by atoms with Crippen LogP contribution in [0.5, 0.6) is 0 Å². The molecular formula is C25H16N4O3S2. The van der Waals surface area contributed by atoms with E-state index in [4.69, 9.17) is 9.40 Å². The first-order valence-electron chi connectivity index (χ1n) is 10.5. The number of hydrogen-bond acceptors (Lipinski definition) is 8. The molecule has 0 radical (unpaired) electrons. The lowest BCUT2D eigenvalue weighted by molar-refractivity contribution is 0.0664. The zero-order valence-corrected chi connectivity index (χ0v) is 19.3. The highest BCUT2D eigenvalue weighted by Crippen LogP contribution is 2.34. The first-order valence-corrected chi connectivity index (χ1v) is 12.4. The van der Waals surface area contributed by atoms with Crippen molar-refractivity contribution in [2.24, 2.45) is 0 Å². The average Bonchev–Trinajstić information content (AvgIpc) is 3.62. The van der Waals surface area contributed by atoms with E-state index in [1.165, 1.54) is 16.7 Å². The molecule has 1 aliphatic rings. The SMILES string of the molecule is O=C1c2ccccc2C(=O)N1CCSc1nnc(-c2cc(-c3cccs3)nc3ccccc23)o1. The van der Waals surface area contributed by atoms with Crippen molar-refractivity contribution in [1.29, 1.82) is 0 Å². The summed E-state index contributed by atoms with van der Waals surface area (Å²) in [6.07, 6.45) is 0. The van der Waals surface area contributed by atoms with Crippen molar-refractivity contribution in [2.45, 2.75) is 5.22 Å². The molecule has 0 spiro atoms. The van der Waals surface area contributed by atoms with Gasteiger partial charge in [-0.2, -0.15) is 0 Å². The molecule has 7 nitrogen and oxygen atoms in total. The number of carbonyl (C=O) groups is 2. The van der Waals surface area contributed by atoms with Gasteiger partial charge in [0.15, 0.2) is 0 Å². The summed E-state index contributed by atoms with van der Waals surface area (Å²) < 4.78 is 5.96. The molecule has 5 aromatic rings. The molecule has 2 amide bonds. The van der Waals surface area contributed by atoms with Crippen molar-refractivity contribution in [1.82, 2.24) is 20.1 Å². The first-order chi connectivity index (χ1) is 16.7. The number of hydrogen-bond donors (Lipinski definition) is 0. The summed E-state index contributed by atoms with van der Waals surface area (Å²) in [6.45, 7) is 0.259. The van der Waals surface area contributed by atoms with E-state index < -0.39 is 0 Å². The summed E-state index contributed by atoms with van der Waals surface area (Å²) in [5.41, 5.74) is 3.41. The van der Waals surface area contributed by atoms with Crippen LogP contribution in [0.2, 0.25) is 0 Å². The Kier molecular flexibility index (Phi) is 5.20. The van der Waals surface area contributed by atoms with Gasteiger partial charge in [0.25, 0.3) is 17.0 Å². The third kappa shape index (κ3) is 3.59. The summed E-state index contributed by atoms with van der Waals surface area (Å²) in [5.74, 6) is 0.318. The minimum Gasteiger partial charge on any atom is -0.411 e. The van der Waals surface area contributed by atoms with Crippen LogP contribution in [-0.2, 0) is 0 Å². The van der Waals surface area contributed by atoms with Gasteiger partial charge in [-0.3, -0.25) is 14.5 Å². The molecule has 6 rings (SSSR count). The number of benzene rings is 2. The van der Waals surface area contributed by atoms with Crippen molar-refractivity contribution >= 4 is 45.8 Å². The van der Waals surface area contributed by atoms with Gasteiger partial charge in [0.1, 0.15) is 0 Å². The van der Waals surface area contributed by atoms with Crippen LogP contribution in [0.15, 0.2) is 81.8 Å². The normalized spacial score (nSPS) is 13.1. The van der Waals surface area contributed by atoms with E-state index in [0.29, 0.717) is 28.0 Å². The van der Waals surface area contributed by atoms with Gasteiger partial charge in [0.2, 0.25) is 5.89 Å². The third-order valence-corrected chi connectivity index (χ3v) is 7.24. The van der Waals surface area contributed by atoms with Crippen LogP contribution in [0.4, 0.5) is 0 Å². The number of thiophene rings is 1. The van der Waals surface area contributed by atoms with Crippen LogP contribution in [0.1, 0.15) is 20.7 Å². The molecule has 2 aromatic carbocycles. The second-order valence-electron chi connectivity index (χ2n) is 7.58. The summed E-state index contributed by atoms with van der Waals surface area (Å²) in [4.78, 5) is 32.2. The Bertz CT molecular complexity index is 1510. The van der Waals surface area contributed by atoms with E-state index in [1.54, 1.807) is 35.6 Å². The maximum atomic E-state index is 12.5. The monoisotopic (exact) mass is 484 g/mol. The van der Waals surface area contributed by atoms with Crippen molar-refractivity contribution in [3.8, 4) is 22.0 Å². The molecule has 0 bridgehead atoms. The van der Waals surface area contributed by atoms with Crippen molar-refractivity contribution in [2.75, 3.05) is 12.3 Å². The Morgan fingerprint density at radius 3 is 2.41 bits per heavy atom. The Balaban J connectivity index is 1.22. The number of thioether (sulfide) groups is 1. The van der Waals surface area contributed by atoms with Crippen molar-refractivity contribution < 1.29 is 14.0 Å². The maximum Gasteiger partial charge on any atom is 0.276 e. The van der Waals surface area contributed by atoms with Crippen molar-refractivity contribution in [3.05, 3.63) is 83.2 Å². The molecule has 166 valence electrons. The molecule has 9 heteroatoms. The fourth-order valence-electron chi connectivity index (χ4n) is 3.95. The zero-order valence-electron chi connectivity index (χ0n) is 17.7. The molecule has 0 N–H and O–H groups in total. The number of carbonyl (C=O) groups excluding carboxylic acids is 2. The lowest BCUT2D eigenvalue weighted by atomic mass is 10.1. The molecule has 0 saturated carbocycles. The van der Waals surface area contributed by atoms with Crippen LogP contribution in [-0.4, -0.2) is 44.2 Å². The predicted octanol–water partition coefficient (Wildman–Crippen LogP) is 5.40. The summed E-state index contributed by atoms with van der Waals surface area (Å²) in [5, 5.41) is 11.8. The molecule has 1 aliphatic heterocycles. The number of aromatic nitrogens is 3. The van der Waals surface area contributed by atoms with E-state index in [2.05, 4.69) is 10.2 Å². The largest absolute Gasteiger partial charge is 0.411 e. The van der Waals surface area contributed by atoms with Gasteiger partial charge < -0.3 is 4.42 Å². The smallest absolute Gasteiger partial charge is 0.276 e. The van der Waals surface area contributed by atoms with E-state index in [9.17, 15) is 9.59 Å². The lowest BCUT2D eigenvalue weighted by Crippen LogP contribution is -2.31. The van der Waals surface area contributed by atoms with Crippen LogP contribution >= 0.6 is 23.1 Å². The predicted molar refractivity (Wildman–Crippen MR) is 131 cm³/mol. The van der Waals surface area contributed by atoms with Gasteiger partial charge in [0.05, 0.1) is 32.8 Å². The Morgan fingerprint density at radius 2 is 1.65 bits per heavy atom. The molecular weight excluding hydrogens is 468 g/mol. The molecule has 0 aliphatic carbocycles. The highest BCUT2D eigenvalue weighted by atomic mass is 32.2. The Morgan fingerprint density at radius 1 is 0.882 bits per heavy atom. The minimum atomic E-state index is -0.267. The zero-order chi connectivity index (χ0) is 23.1. The van der Waals surface area contributed by atoms with Crippen LogP contribution in [0, 0.1) is 0 Å². The lowest BCUT2D eigenvalue weighted by Gasteiger charge is -2.12. The van der Waals surface area contributed by atoms with Crippen LogP contribution in [0.25, 0.3) is 32.9 Å². The van der Waals surface area contributed by atoms with Crippen LogP contribution in [0.3, 0.4) is 0 Å². The third-order valence-electron chi connectivity index (χ3n) is 5.55. The van der Waals surface area contributed by atoms with E-state index in [-0.39, 0.29) is 18.4 Å². The molecule has 34 heavy (non-hydrogen) atoms. The van der Waals surface area contributed by atoms with Gasteiger partial charge in [0, 0.05) is 17.7 Å². The molecule has 0 fully saturated rings. The molecule has 0 saturated heterocycles.